The van der Waals surface area contributed by atoms with Crippen LogP contribution in [0, 0.1) is 11.8 Å². The molecule has 302 valence electrons. The number of anilines is 2. The van der Waals surface area contributed by atoms with E-state index in [4.69, 9.17) is 15.6 Å². The minimum Gasteiger partial charge on any atom is -0.457 e. The molecule has 2 atom stereocenters. The van der Waals surface area contributed by atoms with Crippen LogP contribution in [0.2, 0.25) is 0 Å². The van der Waals surface area contributed by atoms with Gasteiger partial charge in [-0.2, -0.15) is 5.10 Å². The fourth-order valence-corrected chi connectivity index (χ4v) is 9.61. The van der Waals surface area contributed by atoms with Crippen molar-refractivity contribution in [1.82, 2.24) is 39.8 Å². The molecule has 4 saturated heterocycles. The molecule has 15 heteroatoms. The lowest BCUT2D eigenvalue weighted by Crippen LogP contribution is -2.54. The summed E-state index contributed by atoms with van der Waals surface area (Å²) in [7, 11) is 0. The average molecular weight is 795 g/mol. The monoisotopic (exact) mass is 794 g/mol. The second-order valence-corrected chi connectivity index (χ2v) is 16.6. The van der Waals surface area contributed by atoms with Gasteiger partial charge in [0.1, 0.15) is 35.4 Å². The van der Waals surface area contributed by atoms with E-state index in [0.717, 1.165) is 110 Å². The molecule has 0 spiro atoms. The number of amides is 4. The van der Waals surface area contributed by atoms with Gasteiger partial charge >= 0.3 is 0 Å². The van der Waals surface area contributed by atoms with Crippen molar-refractivity contribution in [2.75, 3.05) is 63.0 Å². The molecule has 5 aliphatic heterocycles. The lowest BCUT2D eigenvalue weighted by molar-refractivity contribution is -0.136. The zero-order valence-corrected chi connectivity index (χ0v) is 32.7. The van der Waals surface area contributed by atoms with Crippen molar-refractivity contribution >= 4 is 46.2 Å². The third kappa shape index (κ3) is 7.07. The maximum atomic E-state index is 13.3. The SMILES string of the molecule is Nc1ncnc2c1c(-c1ccc(Oc3ccccc3)cc1)nn2C1CCN(CC2CCN(CC3CN(c4ccc5c(c4)C(=O)N(C4CCC(=O)NC4=O)C5=O)C3)C2)CC1. The number of nitrogen functional groups attached to an aromatic ring is 1. The first-order valence-corrected chi connectivity index (χ1v) is 20.6. The topological polar surface area (TPSA) is 172 Å². The van der Waals surface area contributed by atoms with E-state index in [-0.39, 0.29) is 24.8 Å². The highest BCUT2D eigenvalue weighted by molar-refractivity contribution is 6.23. The van der Waals surface area contributed by atoms with E-state index in [1.807, 2.05) is 60.7 Å². The Morgan fingerprint density at radius 2 is 1.47 bits per heavy atom. The summed E-state index contributed by atoms with van der Waals surface area (Å²) < 4.78 is 8.08. The Hall–Kier alpha value is -6.19. The van der Waals surface area contributed by atoms with Gasteiger partial charge in [-0.25, -0.2) is 14.6 Å². The van der Waals surface area contributed by atoms with Crippen LogP contribution in [0.15, 0.2) is 79.1 Å². The lowest BCUT2D eigenvalue weighted by Gasteiger charge is -2.43. The van der Waals surface area contributed by atoms with Crippen molar-refractivity contribution in [2.24, 2.45) is 11.8 Å². The lowest BCUT2D eigenvalue weighted by atomic mass is 9.97. The smallest absolute Gasteiger partial charge is 0.262 e. The standard InChI is InChI=1S/C44H46N10O5/c45-40-38-39(29-6-9-33(10-7-29)59-32-4-2-1-3-5-32)49-54(41(38)47-26-46-40)30-15-18-50(19-16-30)21-27-14-17-51(22-27)23-28-24-52(25-28)31-8-11-34-35(20-31)44(58)53(43(34)57)36-12-13-37(55)48-42(36)56/h1-11,20,26-28,30,36H,12-19,21-25H2,(H2,45,46,47)(H,48,55,56). The van der Waals surface area contributed by atoms with Gasteiger partial charge in [0.25, 0.3) is 11.8 Å². The summed E-state index contributed by atoms with van der Waals surface area (Å²) >= 11 is 0. The van der Waals surface area contributed by atoms with Gasteiger partial charge in [0.05, 0.1) is 22.6 Å². The number of nitrogens with zero attached hydrogens (tertiary/aromatic N) is 8. The highest BCUT2D eigenvalue weighted by Crippen LogP contribution is 2.37. The van der Waals surface area contributed by atoms with E-state index >= 15 is 0 Å². The number of carbonyl (C=O) groups excluding carboxylic acids is 4. The number of ether oxygens (including phenoxy) is 1. The molecule has 2 unspecified atom stereocenters. The van der Waals surface area contributed by atoms with Crippen LogP contribution in [0.4, 0.5) is 11.5 Å². The molecule has 15 nitrogen and oxygen atoms in total. The highest BCUT2D eigenvalue weighted by atomic mass is 16.5. The Morgan fingerprint density at radius 1 is 0.746 bits per heavy atom. The predicted octanol–water partition coefficient (Wildman–Crippen LogP) is 4.36. The number of piperidine rings is 2. The molecule has 0 bridgehead atoms. The number of nitrogens with one attached hydrogen (secondary N) is 1. The second kappa shape index (κ2) is 15.2. The van der Waals surface area contributed by atoms with E-state index in [1.165, 1.54) is 12.7 Å². The van der Waals surface area contributed by atoms with Crippen LogP contribution in [0.5, 0.6) is 11.5 Å². The molecule has 4 amide bonds. The second-order valence-electron chi connectivity index (χ2n) is 16.6. The molecule has 0 saturated carbocycles. The third-order valence-corrected chi connectivity index (χ3v) is 12.7. The molecule has 0 radical (unpaired) electrons. The zero-order chi connectivity index (χ0) is 40.2. The van der Waals surface area contributed by atoms with E-state index in [1.54, 1.807) is 12.1 Å². The minimum atomic E-state index is -0.960. The van der Waals surface area contributed by atoms with Crippen molar-refractivity contribution < 1.29 is 23.9 Å². The summed E-state index contributed by atoms with van der Waals surface area (Å²) in [4.78, 5) is 68.0. The third-order valence-electron chi connectivity index (χ3n) is 12.7. The van der Waals surface area contributed by atoms with Crippen LogP contribution in [-0.4, -0.2) is 116 Å². The average Bonchev–Trinajstić information content (AvgIpc) is 3.92. The van der Waals surface area contributed by atoms with Gasteiger partial charge in [-0.3, -0.25) is 29.4 Å². The number of likely N-dealkylation sites (tertiary alicyclic amines) is 2. The molecule has 3 N–H and O–H groups in total. The van der Waals surface area contributed by atoms with Gasteiger partial charge in [-0.05, 0) is 92.7 Å². The maximum Gasteiger partial charge on any atom is 0.262 e. The van der Waals surface area contributed by atoms with Crippen molar-refractivity contribution in [2.45, 2.75) is 44.2 Å². The number of rotatable bonds is 10. The summed E-state index contributed by atoms with van der Waals surface area (Å²) in [5.41, 5.74) is 10.5. The van der Waals surface area contributed by atoms with E-state index in [0.29, 0.717) is 28.8 Å². The molecule has 7 heterocycles. The molecule has 5 aromatic rings. The molecule has 59 heavy (non-hydrogen) atoms. The largest absolute Gasteiger partial charge is 0.457 e. The summed E-state index contributed by atoms with van der Waals surface area (Å²) in [5.74, 6) is 1.19. The quantitative estimate of drug-likeness (QED) is 0.192. The van der Waals surface area contributed by atoms with Gasteiger partial charge in [-0.15, -0.1) is 0 Å². The summed E-state index contributed by atoms with van der Waals surface area (Å²) in [6.07, 6.45) is 4.93. The van der Waals surface area contributed by atoms with Crippen LogP contribution in [0.25, 0.3) is 22.3 Å². The Bertz CT molecular complexity index is 2440. The van der Waals surface area contributed by atoms with Crippen LogP contribution in [-0.2, 0) is 9.59 Å². The number of benzene rings is 3. The summed E-state index contributed by atoms with van der Waals surface area (Å²) in [6, 6.07) is 22.3. The molecule has 2 aromatic heterocycles. The molecule has 3 aromatic carbocycles. The van der Waals surface area contributed by atoms with Crippen LogP contribution in [0.1, 0.15) is 58.9 Å². The minimum absolute atomic E-state index is 0.101. The first kappa shape index (κ1) is 37.1. The molecule has 10 rings (SSSR count). The molecular weight excluding hydrogens is 749 g/mol. The predicted molar refractivity (Wildman–Crippen MR) is 220 cm³/mol. The Kier molecular flexibility index (Phi) is 9.56. The van der Waals surface area contributed by atoms with Crippen LogP contribution < -0.4 is 20.7 Å². The Morgan fingerprint density at radius 3 is 2.25 bits per heavy atom. The number of imide groups is 2. The van der Waals surface area contributed by atoms with Crippen LogP contribution in [0.3, 0.4) is 0 Å². The number of para-hydroxylation sites is 1. The first-order chi connectivity index (χ1) is 28.8. The van der Waals surface area contributed by atoms with Crippen molar-refractivity contribution in [1.29, 1.82) is 0 Å². The van der Waals surface area contributed by atoms with E-state index < -0.39 is 23.8 Å². The summed E-state index contributed by atoms with van der Waals surface area (Å²) in [6.45, 7) is 8.12. The number of nitrogens with two attached hydrogens (primary N) is 1. The molecular formula is C44H46N10O5. The van der Waals surface area contributed by atoms with Gasteiger partial charge < -0.3 is 25.2 Å². The van der Waals surface area contributed by atoms with Crippen molar-refractivity contribution in [3.05, 3.63) is 90.3 Å². The van der Waals surface area contributed by atoms with Crippen LogP contribution >= 0.6 is 0 Å². The number of fused-ring (bicyclic) bond motifs is 2. The number of hydrogen-bond acceptors (Lipinski definition) is 12. The number of carbonyl (C=O) groups is 4. The summed E-state index contributed by atoms with van der Waals surface area (Å²) in [5, 5.41) is 8.15. The highest BCUT2D eigenvalue weighted by Gasteiger charge is 2.45. The zero-order valence-electron chi connectivity index (χ0n) is 32.7. The Labute approximate surface area is 341 Å². The normalized spacial score (nSPS) is 22.0. The van der Waals surface area contributed by atoms with E-state index in [2.05, 4.69) is 34.7 Å². The number of hydrogen-bond donors (Lipinski definition) is 2. The van der Waals surface area contributed by atoms with Crippen molar-refractivity contribution in [3.8, 4) is 22.8 Å². The first-order valence-electron chi connectivity index (χ1n) is 20.6. The fraction of sp³-hybridized carbons (Fsp3) is 0.386. The molecule has 4 fully saturated rings. The fourth-order valence-electron chi connectivity index (χ4n) is 9.61. The van der Waals surface area contributed by atoms with Gasteiger partial charge in [0.2, 0.25) is 11.8 Å². The molecule has 5 aliphatic rings. The molecule has 0 aliphatic carbocycles. The van der Waals surface area contributed by atoms with Gasteiger partial charge in [0, 0.05) is 69.4 Å². The Balaban J connectivity index is 0.708. The number of aromatic nitrogens is 4. The van der Waals surface area contributed by atoms with Gasteiger partial charge in [-0.1, -0.05) is 18.2 Å². The van der Waals surface area contributed by atoms with Crippen molar-refractivity contribution in [3.63, 3.8) is 0 Å². The maximum absolute atomic E-state index is 13.3. The van der Waals surface area contributed by atoms with E-state index in [9.17, 15) is 19.2 Å². The van der Waals surface area contributed by atoms with Gasteiger partial charge in [0.15, 0.2) is 5.65 Å².